The largest absolute Gasteiger partial charge is 0.313 e. The summed E-state index contributed by atoms with van der Waals surface area (Å²) in [6.45, 7) is 5.07. The van der Waals surface area contributed by atoms with Crippen molar-refractivity contribution in [2.24, 2.45) is 0 Å². The molecule has 1 N–H and O–H groups in total. The van der Waals surface area contributed by atoms with E-state index in [0.717, 1.165) is 19.5 Å². The maximum Gasteiger partial charge on any atom is 0.215 e. The minimum absolute atomic E-state index is 0.0865. The first-order valence-electron chi connectivity index (χ1n) is 6.90. The summed E-state index contributed by atoms with van der Waals surface area (Å²) >= 11 is 0. The van der Waals surface area contributed by atoms with Gasteiger partial charge in [0.05, 0.1) is 5.75 Å². The number of likely N-dealkylation sites (N-methyl/N-ethyl adjacent to an activating group) is 1. The summed E-state index contributed by atoms with van der Waals surface area (Å²) in [4.78, 5) is 2.21. The summed E-state index contributed by atoms with van der Waals surface area (Å²) in [5.41, 5.74) is 0. The highest BCUT2D eigenvalue weighted by molar-refractivity contribution is 7.89. The van der Waals surface area contributed by atoms with Crippen LogP contribution in [0.15, 0.2) is 0 Å². The average molecular weight is 275 g/mol. The molecular weight excluding hydrogens is 250 g/mol. The van der Waals surface area contributed by atoms with Crippen molar-refractivity contribution in [2.45, 2.75) is 38.3 Å². The van der Waals surface area contributed by atoms with Gasteiger partial charge in [0.1, 0.15) is 0 Å². The average Bonchev–Trinajstić information content (AvgIpc) is 3.06. The van der Waals surface area contributed by atoms with Gasteiger partial charge in [-0.25, -0.2) is 8.42 Å². The summed E-state index contributed by atoms with van der Waals surface area (Å²) in [5, 5.41) is 3.27. The molecule has 2 rings (SSSR count). The summed E-state index contributed by atoms with van der Waals surface area (Å²) in [6.07, 6.45) is 3.33. The standard InChI is InChI=1S/C12H25N3O2S/c1-11-10-14(2)7-3-8-15(11)18(16,17)9-6-13-12-4-5-12/h11-13H,3-10H2,1-2H3. The minimum atomic E-state index is -3.10. The molecule has 1 unspecified atom stereocenters. The second kappa shape index (κ2) is 5.86. The van der Waals surface area contributed by atoms with E-state index in [9.17, 15) is 8.42 Å². The van der Waals surface area contributed by atoms with E-state index < -0.39 is 10.0 Å². The van der Waals surface area contributed by atoms with Crippen molar-refractivity contribution in [3.63, 3.8) is 0 Å². The molecule has 0 spiro atoms. The highest BCUT2D eigenvalue weighted by atomic mass is 32.2. The highest BCUT2D eigenvalue weighted by Crippen LogP contribution is 2.18. The summed E-state index contributed by atoms with van der Waals surface area (Å²) in [7, 11) is -1.05. The topological polar surface area (TPSA) is 52.7 Å². The predicted octanol–water partition coefficient (Wildman–Crippen LogP) is 0.0942. The van der Waals surface area contributed by atoms with Crippen LogP contribution in [0.2, 0.25) is 0 Å². The number of hydrogen-bond donors (Lipinski definition) is 1. The second-order valence-electron chi connectivity index (χ2n) is 5.62. The van der Waals surface area contributed by atoms with Crippen LogP contribution in [0.3, 0.4) is 0 Å². The third kappa shape index (κ3) is 3.91. The van der Waals surface area contributed by atoms with E-state index in [1.165, 1.54) is 12.8 Å². The van der Waals surface area contributed by atoms with Gasteiger partial charge in [-0.3, -0.25) is 0 Å². The molecule has 0 aromatic heterocycles. The molecule has 0 aromatic rings. The van der Waals surface area contributed by atoms with E-state index in [2.05, 4.69) is 17.3 Å². The van der Waals surface area contributed by atoms with E-state index in [0.29, 0.717) is 19.1 Å². The fraction of sp³-hybridized carbons (Fsp3) is 1.00. The van der Waals surface area contributed by atoms with E-state index in [1.807, 2.05) is 6.92 Å². The Hall–Kier alpha value is -0.170. The molecule has 18 heavy (non-hydrogen) atoms. The smallest absolute Gasteiger partial charge is 0.215 e. The van der Waals surface area contributed by atoms with Crippen LogP contribution >= 0.6 is 0 Å². The molecule has 2 aliphatic rings. The van der Waals surface area contributed by atoms with Crippen LogP contribution < -0.4 is 5.32 Å². The van der Waals surface area contributed by atoms with Crippen LogP contribution in [0, 0.1) is 0 Å². The molecule has 1 heterocycles. The zero-order valence-corrected chi connectivity index (χ0v) is 12.2. The molecule has 0 radical (unpaired) electrons. The lowest BCUT2D eigenvalue weighted by Gasteiger charge is -2.27. The van der Waals surface area contributed by atoms with Gasteiger partial charge in [-0.05, 0) is 39.8 Å². The molecule has 0 amide bonds. The summed E-state index contributed by atoms with van der Waals surface area (Å²) in [6, 6.07) is 0.663. The summed E-state index contributed by atoms with van der Waals surface area (Å²) in [5.74, 6) is 0.234. The first kappa shape index (κ1) is 14.2. The lowest BCUT2D eigenvalue weighted by atomic mass is 10.3. The van der Waals surface area contributed by atoms with E-state index >= 15 is 0 Å². The molecule has 1 saturated heterocycles. The predicted molar refractivity (Wildman–Crippen MR) is 73.1 cm³/mol. The van der Waals surface area contributed by atoms with Crippen molar-refractivity contribution < 1.29 is 8.42 Å². The number of rotatable bonds is 5. The fourth-order valence-electron chi connectivity index (χ4n) is 2.56. The molecule has 1 saturated carbocycles. The van der Waals surface area contributed by atoms with Gasteiger partial charge in [0.15, 0.2) is 0 Å². The minimum Gasteiger partial charge on any atom is -0.313 e. The van der Waals surface area contributed by atoms with Gasteiger partial charge in [0.2, 0.25) is 10.0 Å². The van der Waals surface area contributed by atoms with Gasteiger partial charge in [0.25, 0.3) is 0 Å². The Labute approximate surface area is 111 Å². The lowest BCUT2D eigenvalue weighted by molar-refractivity contribution is 0.290. The number of sulfonamides is 1. The third-order valence-electron chi connectivity index (χ3n) is 3.71. The molecule has 2 fully saturated rings. The van der Waals surface area contributed by atoms with Crippen LogP contribution in [0.1, 0.15) is 26.2 Å². The zero-order chi connectivity index (χ0) is 13.2. The van der Waals surface area contributed by atoms with Gasteiger partial charge in [-0.15, -0.1) is 0 Å². The first-order valence-corrected chi connectivity index (χ1v) is 8.51. The SMILES string of the molecule is CC1CN(C)CCCN1S(=O)(=O)CCNC1CC1. The number of nitrogens with one attached hydrogen (secondary N) is 1. The Kier molecular flexibility index (Phi) is 4.64. The summed E-state index contributed by atoms with van der Waals surface area (Å²) < 4.78 is 26.3. The molecular formula is C12H25N3O2S. The van der Waals surface area contributed by atoms with Crippen molar-refractivity contribution in [3.05, 3.63) is 0 Å². The number of nitrogens with zero attached hydrogens (tertiary/aromatic N) is 2. The Morgan fingerprint density at radius 3 is 2.67 bits per heavy atom. The van der Waals surface area contributed by atoms with Gasteiger partial charge >= 0.3 is 0 Å². The number of hydrogen-bond acceptors (Lipinski definition) is 4. The van der Waals surface area contributed by atoms with Crippen LogP contribution in [0.5, 0.6) is 0 Å². The molecule has 1 aliphatic heterocycles. The van der Waals surface area contributed by atoms with Crippen molar-refractivity contribution in [2.75, 3.05) is 39.0 Å². The maximum atomic E-state index is 12.3. The normalized spacial score (nSPS) is 28.2. The lowest BCUT2D eigenvalue weighted by Crippen LogP contribution is -2.44. The Morgan fingerprint density at radius 1 is 1.28 bits per heavy atom. The van der Waals surface area contributed by atoms with Crippen LogP contribution in [-0.4, -0.2) is 68.7 Å². The van der Waals surface area contributed by atoms with E-state index in [1.54, 1.807) is 4.31 Å². The van der Waals surface area contributed by atoms with E-state index in [-0.39, 0.29) is 11.8 Å². The van der Waals surface area contributed by atoms with Crippen molar-refractivity contribution in [3.8, 4) is 0 Å². The molecule has 6 heteroatoms. The van der Waals surface area contributed by atoms with Gasteiger partial charge in [-0.2, -0.15) is 4.31 Å². The third-order valence-corrected chi connectivity index (χ3v) is 5.69. The molecule has 1 aliphatic carbocycles. The quantitative estimate of drug-likeness (QED) is 0.773. The molecule has 0 aromatic carbocycles. The second-order valence-corrected chi connectivity index (χ2v) is 7.66. The Morgan fingerprint density at radius 2 is 2.00 bits per heavy atom. The molecule has 0 bridgehead atoms. The van der Waals surface area contributed by atoms with Crippen molar-refractivity contribution in [1.82, 2.24) is 14.5 Å². The van der Waals surface area contributed by atoms with Crippen molar-refractivity contribution >= 4 is 10.0 Å². The van der Waals surface area contributed by atoms with E-state index in [4.69, 9.17) is 0 Å². The van der Waals surface area contributed by atoms with Gasteiger partial charge in [0, 0.05) is 31.7 Å². The van der Waals surface area contributed by atoms with Crippen molar-refractivity contribution in [1.29, 1.82) is 0 Å². The maximum absolute atomic E-state index is 12.3. The zero-order valence-electron chi connectivity index (χ0n) is 11.4. The monoisotopic (exact) mass is 275 g/mol. The Balaban J connectivity index is 1.89. The van der Waals surface area contributed by atoms with Crippen LogP contribution in [-0.2, 0) is 10.0 Å². The Bertz CT molecular complexity index is 368. The highest BCUT2D eigenvalue weighted by Gasteiger charge is 2.30. The molecule has 1 atom stereocenters. The van der Waals surface area contributed by atoms with Gasteiger partial charge < -0.3 is 10.2 Å². The van der Waals surface area contributed by atoms with Gasteiger partial charge in [-0.1, -0.05) is 0 Å². The first-order chi connectivity index (χ1) is 8.49. The van der Waals surface area contributed by atoms with Crippen LogP contribution in [0.25, 0.3) is 0 Å². The molecule has 106 valence electrons. The fourth-order valence-corrected chi connectivity index (χ4v) is 4.19. The van der Waals surface area contributed by atoms with Crippen LogP contribution in [0.4, 0.5) is 0 Å². The molecule has 5 nitrogen and oxygen atoms in total.